The molecule has 1 rings (SSSR count). The molecule has 21 heavy (non-hydrogen) atoms. The van der Waals surface area contributed by atoms with Crippen LogP contribution in [0.2, 0.25) is 0 Å². The molecule has 0 atom stereocenters. The molecule has 0 aliphatic carbocycles. The standard InChI is InChI=1S/C15H21N3O3/c1-2-9-16-14(20)11-18-13(19)8-10-17-15(21)12-6-4-3-5-7-12/h3-7H,2,8-11H2,1H3,(H,16,20)(H,17,21)(H,18,19). The minimum absolute atomic E-state index is 0.0362. The number of nitrogens with one attached hydrogen (secondary N) is 3. The van der Waals surface area contributed by atoms with Crippen molar-refractivity contribution in [2.45, 2.75) is 19.8 Å². The first kappa shape index (κ1) is 16.7. The molecule has 0 spiro atoms. The maximum atomic E-state index is 11.7. The molecule has 6 nitrogen and oxygen atoms in total. The average molecular weight is 291 g/mol. The molecule has 0 aliphatic rings. The van der Waals surface area contributed by atoms with Gasteiger partial charge in [-0.25, -0.2) is 0 Å². The Labute approximate surface area is 124 Å². The van der Waals surface area contributed by atoms with Gasteiger partial charge in [0, 0.05) is 25.1 Å². The molecule has 3 amide bonds. The van der Waals surface area contributed by atoms with Gasteiger partial charge in [-0.05, 0) is 18.6 Å². The highest BCUT2D eigenvalue weighted by Gasteiger charge is 2.07. The maximum absolute atomic E-state index is 11.7. The number of amides is 3. The van der Waals surface area contributed by atoms with E-state index in [1.807, 2.05) is 13.0 Å². The van der Waals surface area contributed by atoms with Crippen LogP contribution in [0.15, 0.2) is 30.3 Å². The maximum Gasteiger partial charge on any atom is 0.251 e. The highest BCUT2D eigenvalue weighted by atomic mass is 16.2. The van der Waals surface area contributed by atoms with Crippen LogP contribution in [0.4, 0.5) is 0 Å². The number of carbonyl (C=O) groups excluding carboxylic acids is 3. The van der Waals surface area contributed by atoms with Gasteiger partial charge in [0.1, 0.15) is 0 Å². The Bertz CT molecular complexity index is 474. The van der Waals surface area contributed by atoms with Gasteiger partial charge in [0.25, 0.3) is 5.91 Å². The number of rotatable bonds is 8. The van der Waals surface area contributed by atoms with Crippen molar-refractivity contribution in [3.63, 3.8) is 0 Å². The molecule has 0 saturated heterocycles. The first-order valence-electron chi connectivity index (χ1n) is 7.00. The van der Waals surface area contributed by atoms with E-state index in [0.29, 0.717) is 12.1 Å². The van der Waals surface area contributed by atoms with Gasteiger partial charge in [-0.15, -0.1) is 0 Å². The molecular formula is C15H21N3O3. The fourth-order valence-electron chi connectivity index (χ4n) is 1.58. The van der Waals surface area contributed by atoms with Crippen LogP contribution >= 0.6 is 0 Å². The SMILES string of the molecule is CCCNC(=O)CNC(=O)CCNC(=O)c1ccccc1. The van der Waals surface area contributed by atoms with Gasteiger partial charge >= 0.3 is 0 Å². The summed E-state index contributed by atoms with van der Waals surface area (Å²) in [6.07, 6.45) is 0.991. The van der Waals surface area contributed by atoms with Gasteiger partial charge in [-0.2, -0.15) is 0 Å². The summed E-state index contributed by atoms with van der Waals surface area (Å²) in [5, 5.41) is 7.81. The van der Waals surface area contributed by atoms with E-state index in [4.69, 9.17) is 0 Å². The smallest absolute Gasteiger partial charge is 0.251 e. The van der Waals surface area contributed by atoms with Crippen molar-refractivity contribution in [1.29, 1.82) is 0 Å². The molecule has 1 aromatic carbocycles. The van der Waals surface area contributed by atoms with E-state index in [1.165, 1.54) is 0 Å². The van der Waals surface area contributed by atoms with Gasteiger partial charge in [-0.1, -0.05) is 25.1 Å². The zero-order valence-electron chi connectivity index (χ0n) is 12.1. The molecule has 0 fully saturated rings. The summed E-state index contributed by atoms with van der Waals surface area (Å²) in [4.78, 5) is 34.5. The lowest BCUT2D eigenvalue weighted by Gasteiger charge is -2.07. The second-order valence-electron chi connectivity index (χ2n) is 4.50. The Morgan fingerprint density at radius 1 is 0.905 bits per heavy atom. The molecule has 1 aromatic rings. The predicted molar refractivity (Wildman–Crippen MR) is 79.7 cm³/mol. The summed E-state index contributed by atoms with van der Waals surface area (Å²) in [5.41, 5.74) is 0.553. The third-order valence-corrected chi connectivity index (χ3v) is 2.69. The number of benzene rings is 1. The summed E-state index contributed by atoms with van der Waals surface area (Å²) < 4.78 is 0. The zero-order valence-corrected chi connectivity index (χ0v) is 12.1. The number of hydrogen-bond acceptors (Lipinski definition) is 3. The topological polar surface area (TPSA) is 87.3 Å². The summed E-state index contributed by atoms with van der Waals surface area (Å²) >= 11 is 0. The molecule has 0 aromatic heterocycles. The van der Waals surface area contributed by atoms with E-state index < -0.39 is 0 Å². The van der Waals surface area contributed by atoms with Crippen LogP contribution in [-0.4, -0.2) is 37.4 Å². The Balaban J connectivity index is 2.16. The Kier molecular flexibility index (Phi) is 7.56. The summed E-state index contributed by atoms with van der Waals surface area (Å²) in [6.45, 7) is 2.75. The first-order chi connectivity index (χ1) is 10.1. The Hall–Kier alpha value is -2.37. The third-order valence-electron chi connectivity index (χ3n) is 2.69. The van der Waals surface area contributed by atoms with Gasteiger partial charge in [0.15, 0.2) is 0 Å². The van der Waals surface area contributed by atoms with Gasteiger partial charge in [-0.3, -0.25) is 14.4 Å². The number of carbonyl (C=O) groups is 3. The van der Waals surface area contributed by atoms with Crippen LogP contribution in [0.25, 0.3) is 0 Å². The molecule has 0 unspecified atom stereocenters. The van der Waals surface area contributed by atoms with E-state index in [9.17, 15) is 14.4 Å². The van der Waals surface area contributed by atoms with Gasteiger partial charge in [0.05, 0.1) is 6.54 Å². The lowest BCUT2D eigenvalue weighted by Crippen LogP contribution is -2.38. The van der Waals surface area contributed by atoms with Crippen molar-refractivity contribution in [3.05, 3.63) is 35.9 Å². The van der Waals surface area contributed by atoms with Crippen LogP contribution in [0.5, 0.6) is 0 Å². The summed E-state index contributed by atoms with van der Waals surface area (Å²) in [7, 11) is 0. The second kappa shape index (κ2) is 9.52. The van der Waals surface area contributed by atoms with Crippen LogP contribution < -0.4 is 16.0 Å². The quantitative estimate of drug-likeness (QED) is 0.650. The van der Waals surface area contributed by atoms with E-state index in [0.717, 1.165) is 6.42 Å². The molecule has 0 aliphatic heterocycles. The van der Waals surface area contributed by atoms with E-state index in [1.54, 1.807) is 24.3 Å². The van der Waals surface area contributed by atoms with Crippen molar-refractivity contribution in [1.82, 2.24) is 16.0 Å². The largest absolute Gasteiger partial charge is 0.355 e. The van der Waals surface area contributed by atoms with E-state index >= 15 is 0 Å². The molecule has 6 heteroatoms. The van der Waals surface area contributed by atoms with Crippen molar-refractivity contribution in [3.8, 4) is 0 Å². The lowest BCUT2D eigenvalue weighted by atomic mass is 10.2. The second-order valence-corrected chi connectivity index (χ2v) is 4.50. The molecule has 0 bridgehead atoms. The monoisotopic (exact) mass is 291 g/mol. The summed E-state index contributed by atoms with van der Waals surface area (Å²) in [6, 6.07) is 8.78. The van der Waals surface area contributed by atoms with Crippen LogP contribution in [0.1, 0.15) is 30.1 Å². The van der Waals surface area contributed by atoms with Gasteiger partial charge < -0.3 is 16.0 Å². The predicted octanol–water partition coefficient (Wildman–Crippen LogP) is 0.449. The zero-order chi connectivity index (χ0) is 15.5. The average Bonchev–Trinajstić information content (AvgIpc) is 2.51. The fourth-order valence-corrected chi connectivity index (χ4v) is 1.58. The van der Waals surface area contributed by atoms with E-state index in [-0.39, 0.29) is 37.2 Å². The molecule has 3 N–H and O–H groups in total. The van der Waals surface area contributed by atoms with Gasteiger partial charge in [0.2, 0.25) is 11.8 Å². The van der Waals surface area contributed by atoms with Crippen LogP contribution in [0, 0.1) is 0 Å². The van der Waals surface area contributed by atoms with Crippen molar-refractivity contribution >= 4 is 17.7 Å². The summed E-state index contributed by atoms with van der Waals surface area (Å²) in [5.74, 6) is -0.697. The number of hydrogen-bond donors (Lipinski definition) is 3. The molecule has 0 radical (unpaired) electrons. The van der Waals surface area contributed by atoms with Crippen LogP contribution in [-0.2, 0) is 9.59 Å². The molecule has 114 valence electrons. The van der Waals surface area contributed by atoms with E-state index in [2.05, 4.69) is 16.0 Å². The molecule has 0 saturated carbocycles. The van der Waals surface area contributed by atoms with Crippen molar-refractivity contribution in [2.75, 3.05) is 19.6 Å². The normalized spacial score (nSPS) is 9.76. The fraction of sp³-hybridized carbons (Fsp3) is 0.400. The minimum atomic E-state index is -0.269. The minimum Gasteiger partial charge on any atom is -0.355 e. The molecular weight excluding hydrogens is 270 g/mol. The Morgan fingerprint density at radius 3 is 2.29 bits per heavy atom. The van der Waals surface area contributed by atoms with Crippen LogP contribution in [0.3, 0.4) is 0 Å². The first-order valence-corrected chi connectivity index (χ1v) is 7.00. The highest BCUT2D eigenvalue weighted by Crippen LogP contribution is 1.97. The Morgan fingerprint density at radius 2 is 1.62 bits per heavy atom. The van der Waals surface area contributed by atoms with Crippen molar-refractivity contribution in [2.24, 2.45) is 0 Å². The highest BCUT2D eigenvalue weighted by molar-refractivity contribution is 5.94. The third kappa shape index (κ3) is 7.10. The molecule has 0 heterocycles. The van der Waals surface area contributed by atoms with Crippen molar-refractivity contribution < 1.29 is 14.4 Å². The lowest BCUT2D eigenvalue weighted by molar-refractivity contribution is -0.126.